The molecule has 0 saturated carbocycles. The molecule has 1 heterocycles. The van der Waals surface area contributed by atoms with Crippen molar-refractivity contribution in [2.24, 2.45) is 5.73 Å². The fourth-order valence-electron chi connectivity index (χ4n) is 3.52. The van der Waals surface area contributed by atoms with E-state index in [9.17, 15) is 4.79 Å². The number of carbonyl (C=O) groups is 1. The molecule has 0 bridgehead atoms. The van der Waals surface area contributed by atoms with Crippen molar-refractivity contribution in [2.75, 3.05) is 26.2 Å². The lowest BCUT2D eigenvalue weighted by molar-refractivity contribution is -0.123. The Hall–Kier alpha value is -0.870. The largest absolute Gasteiger partial charge is 0.355 e. The maximum Gasteiger partial charge on any atom is 0.234 e. The molecule has 4 heteroatoms. The summed E-state index contributed by atoms with van der Waals surface area (Å²) in [7, 11) is 0. The molecule has 1 fully saturated rings. The van der Waals surface area contributed by atoms with E-state index in [0.29, 0.717) is 12.6 Å². The van der Waals surface area contributed by atoms with Gasteiger partial charge in [-0.1, -0.05) is 18.1 Å². The normalized spacial score (nSPS) is 23.7. The summed E-state index contributed by atoms with van der Waals surface area (Å²) >= 11 is 0. The minimum atomic E-state index is 0.176. The highest BCUT2D eigenvalue weighted by molar-refractivity contribution is 5.78. The van der Waals surface area contributed by atoms with E-state index in [1.807, 2.05) is 0 Å². The first-order valence-corrected chi connectivity index (χ1v) is 8.68. The monoisotopic (exact) mass is 293 g/mol. The topological polar surface area (TPSA) is 58.4 Å². The van der Waals surface area contributed by atoms with Crippen LogP contribution in [0.5, 0.6) is 0 Å². The van der Waals surface area contributed by atoms with Crippen LogP contribution in [0, 0.1) is 0 Å². The van der Waals surface area contributed by atoms with Gasteiger partial charge in [0.2, 0.25) is 5.91 Å². The summed E-state index contributed by atoms with van der Waals surface area (Å²) in [4.78, 5) is 14.4. The van der Waals surface area contributed by atoms with Crippen LogP contribution in [0.25, 0.3) is 0 Å². The van der Waals surface area contributed by atoms with Gasteiger partial charge in [0.25, 0.3) is 0 Å². The lowest BCUT2D eigenvalue weighted by atomic mass is 9.97. The summed E-state index contributed by atoms with van der Waals surface area (Å²) in [6, 6.07) is 0.510. The third kappa shape index (κ3) is 5.79. The molecule has 0 aromatic carbocycles. The van der Waals surface area contributed by atoms with Crippen molar-refractivity contribution in [1.82, 2.24) is 10.2 Å². The maximum atomic E-state index is 12.1. The zero-order chi connectivity index (χ0) is 14.9. The highest BCUT2D eigenvalue weighted by atomic mass is 16.2. The van der Waals surface area contributed by atoms with Gasteiger partial charge in [-0.15, -0.1) is 0 Å². The van der Waals surface area contributed by atoms with Crippen LogP contribution in [-0.2, 0) is 4.79 Å². The van der Waals surface area contributed by atoms with Crippen LogP contribution in [0.1, 0.15) is 57.8 Å². The van der Waals surface area contributed by atoms with Gasteiger partial charge in [-0.3, -0.25) is 9.69 Å². The van der Waals surface area contributed by atoms with E-state index in [4.69, 9.17) is 5.73 Å². The molecule has 1 amide bonds. The molecule has 1 atom stereocenters. The predicted octanol–water partition coefficient (Wildman–Crippen LogP) is 2.20. The number of hydrogen-bond donors (Lipinski definition) is 2. The van der Waals surface area contributed by atoms with E-state index in [2.05, 4.69) is 16.3 Å². The van der Waals surface area contributed by atoms with Crippen molar-refractivity contribution >= 4 is 5.91 Å². The standard InChI is InChI=1S/C17H31N3O/c18-11-9-16-8-4-5-13-20(16)14-17(21)19-12-10-15-6-2-1-3-7-15/h6,16H,1-5,7-14,18H2,(H,19,21). The molecular weight excluding hydrogens is 262 g/mol. The van der Waals surface area contributed by atoms with Crippen LogP contribution in [0.15, 0.2) is 11.6 Å². The van der Waals surface area contributed by atoms with Crippen LogP contribution in [0.4, 0.5) is 0 Å². The van der Waals surface area contributed by atoms with Crippen LogP contribution in [-0.4, -0.2) is 43.0 Å². The van der Waals surface area contributed by atoms with Crippen molar-refractivity contribution in [3.05, 3.63) is 11.6 Å². The summed E-state index contributed by atoms with van der Waals surface area (Å²) < 4.78 is 0. The first-order valence-electron chi connectivity index (χ1n) is 8.68. The molecule has 1 saturated heterocycles. The highest BCUT2D eigenvalue weighted by Crippen LogP contribution is 2.20. The van der Waals surface area contributed by atoms with Crippen molar-refractivity contribution in [3.63, 3.8) is 0 Å². The second-order valence-electron chi connectivity index (χ2n) is 6.41. The smallest absolute Gasteiger partial charge is 0.234 e. The van der Waals surface area contributed by atoms with Crippen LogP contribution in [0.3, 0.4) is 0 Å². The number of nitrogens with one attached hydrogen (secondary N) is 1. The molecule has 0 aromatic heterocycles. The van der Waals surface area contributed by atoms with Crippen molar-refractivity contribution in [3.8, 4) is 0 Å². The van der Waals surface area contributed by atoms with Gasteiger partial charge < -0.3 is 11.1 Å². The first kappa shape index (κ1) is 16.5. The van der Waals surface area contributed by atoms with Gasteiger partial charge in [-0.2, -0.15) is 0 Å². The summed E-state index contributed by atoms with van der Waals surface area (Å²) in [5.74, 6) is 0.176. The fraction of sp³-hybridized carbons (Fsp3) is 0.824. The van der Waals surface area contributed by atoms with Gasteiger partial charge in [0.1, 0.15) is 0 Å². The summed E-state index contributed by atoms with van der Waals surface area (Å²) in [6.07, 6.45) is 13.2. The lowest BCUT2D eigenvalue weighted by Gasteiger charge is -2.35. The Bertz CT molecular complexity index is 352. The van der Waals surface area contributed by atoms with E-state index in [0.717, 1.165) is 32.5 Å². The van der Waals surface area contributed by atoms with Gasteiger partial charge in [-0.25, -0.2) is 0 Å². The quantitative estimate of drug-likeness (QED) is 0.708. The molecule has 0 aromatic rings. The third-order valence-corrected chi connectivity index (χ3v) is 4.75. The molecule has 3 N–H and O–H groups in total. The number of rotatable bonds is 7. The molecule has 1 aliphatic heterocycles. The Morgan fingerprint density at radius 2 is 2.24 bits per heavy atom. The minimum absolute atomic E-state index is 0.176. The summed E-state index contributed by atoms with van der Waals surface area (Å²) in [5, 5.41) is 3.09. The van der Waals surface area contributed by atoms with Crippen LogP contribution < -0.4 is 11.1 Å². The number of likely N-dealkylation sites (tertiary alicyclic amines) is 1. The third-order valence-electron chi connectivity index (χ3n) is 4.75. The number of allylic oxidation sites excluding steroid dienone is 1. The first-order chi connectivity index (χ1) is 10.3. The lowest BCUT2D eigenvalue weighted by Crippen LogP contribution is -2.46. The number of piperidine rings is 1. The summed E-state index contributed by atoms with van der Waals surface area (Å²) in [6.45, 7) is 3.10. The molecule has 21 heavy (non-hydrogen) atoms. The molecule has 1 unspecified atom stereocenters. The molecule has 2 aliphatic rings. The Morgan fingerprint density at radius 3 is 3.00 bits per heavy atom. The second-order valence-corrected chi connectivity index (χ2v) is 6.41. The number of carbonyl (C=O) groups excluding carboxylic acids is 1. The van der Waals surface area contributed by atoms with E-state index in [1.165, 1.54) is 50.5 Å². The molecular formula is C17H31N3O. The Labute approximate surface area is 129 Å². The predicted molar refractivity (Wildman–Crippen MR) is 87.1 cm³/mol. The Balaban J connectivity index is 1.66. The van der Waals surface area contributed by atoms with Gasteiger partial charge in [-0.05, 0) is 64.5 Å². The number of hydrogen-bond acceptors (Lipinski definition) is 3. The average molecular weight is 293 g/mol. The Morgan fingerprint density at radius 1 is 1.33 bits per heavy atom. The second kappa shape index (κ2) is 9.21. The Kier molecular flexibility index (Phi) is 7.24. The zero-order valence-electron chi connectivity index (χ0n) is 13.3. The highest BCUT2D eigenvalue weighted by Gasteiger charge is 2.23. The van der Waals surface area contributed by atoms with Crippen molar-refractivity contribution in [2.45, 2.75) is 63.8 Å². The molecule has 4 nitrogen and oxygen atoms in total. The zero-order valence-corrected chi connectivity index (χ0v) is 13.3. The molecule has 0 radical (unpaired) electrons. The molecule has 2 rings (SSSR count). The van der Waals surface area contributed by atoms with Crippen LogP contribution >= 0.6 is 0 Å². The number of amides is 1. The van der Waals surface area contributed by atoms with Gasteiger partial charge in [0, 0.05) is 12.6 Å². The minimum Gasteiger partial charge on any atom is -0.355 e. The van der Waals surface area contributed by atoms with Crippen molar-refractivity contribution in [1.29, 1.82) is 0 Å². The summed E-state index contributed by atoms with van der Waals surface area (Å²) in [5.41, 5.74) is 7.21. The number of nitrogens with two attached hydrogens (primary N) is 1. The van der Waals surface area contributed by atoms with E-state index >= 15 is 0 Å². The SMILES string of the molecule is NCCC1CCCCN1CC(=O)NCCC1=CCCCC1. The van der Waals surface area contributed by atoms with E-state index in [1.54, 1.807) is 0 Å². The van der Waals surface area contributed by atoms with Gasteiger partial charge >= 0.3 is 0 Å². The average Bonchev–Trinajstić information content (AvgIpc) is 2.50. The maximum absolute atomic E-state index is 12.1. The molecule has 120 valence electrons. The molecule has 0 spiro atoms. The molecule has 1 aliphatic carbocycles. The number of nitrogens with zero attached hydrogens (tertiary/aromatic N) is 1. The van der Waals surface area contributed by atoms with Gasteiger partial charge in [0.05, 0.1) is 6.54 Å². The fourth-order valence-corrected chi connectivity index (χ4v) is 3.52. The van der Waals surface area contributed by atoms with E-state index in [-0.39, 0.29) is 5.91 Å². The van der Waals surface area contributed by atoms with E-state index < -0.39 is 0 Å². The van der Waals surface area contributed by atoms with Gasteiger partial charge in [0.15, 0.2) is 0 Å². The van der Waals surface area contributed by atoms with Crippen LogP contribution in [0.2, 0.25) is 0 Å². The van der Waals surface area contributed by atoms with Crippen molar-refractivity contribution < 1.29 is 4.79 Å².